The first-order chi connectivity index (χ1) is 15.2. The monoisotopic (exact) mass is 426 g/mol. The summed E-state index contributed by atoms with van der Waals surface area (Å²) < 4.78 is 5.93. The molecule has 0 aromatic heterocycles. The minimum absolute atomic E-state index is 0.552. The van der Waals surface area contributed by atoms with Gasteiger partial charge in [-0.25, -0.2) is 0 Å². The molecule has 0 N–H and O–H groups in total. The summed E-state index contributed by atoms with van der Waals surface area (Å²) in [7, 11) is 0. The van der Waals surface area contributed by atoms with E-state index in [0.717, 1.165) is 32.7 Å². The van der Waals surface area contributed by atoms with Crippen molar-refractivity contribution >= 4 is 0 Å². The molecule has 0 amide bonds. The number of hydrogen-bond donors (Lipinski definition) is 0. The van der Waals surface area contributed by atoms with Gasteiger partial charge in [-0.3, -0.25) is 0 Å². The van der Waals surface area contributed by atoms with E-state index in [1.54, 1.807) is 6.08 Å². The summed E-state index contributed by atoms with van der Waals surface area (Å²) >= 11 is 0. The number of fused-ring (bicyclic) bond motifs is 1. The van der Waals surface area contributed by atoms with Gasteiger partial charge in [0.1, 0.15) is 6.73 Å². The average molecular weight is 427 g/mol. The third-order valence-corrected chi connectivity index (χ3v) is 5.31. The van der Waals surface area contributed by atoms with Gasteiger partial charge in [-0.05, 0) is 31.4 Å². The van der Waals surface area contributed by atoms with E-state index in [1.807, 2.05) is 58.1 Å². The number of nitrogens with zero attached hydrogens (tertiary/aromatic N) is 2. The van der Waals surface area contributed by atoms with Gasteiger partial charge in [0.2, 0.25) is 0 Å². The molecule has 174 valence electrons. The Labute approximate surface area is 192 Å². The predicted octanol–water partition coefficient (Wildman–Crippen LogP) is 6.91. The lowest BCUT2D eigenvalue weighted by Gasteiger charge is -2.48. The lowest BCUT2D eigenvalue weighted by atomic mass is 9.89. The Morgan fingerprint density at radius 2 is 1.74 bits per heavy atom. The van der Waals surface area contributed by atoms with Gasteiger partial charge in [0, 0.05) is 37.3 Å². The molecular formula is C28H46N2O. The topological polar surface area (TPSA) is 15.7 Å². The molecule has 2 aliphatic rings. The fourth-order valence-electron chi connectivity index (χ4n) is 3.86. The van der Waals surface area contributed by atoms with Crippen LogP contribution in [0.1, 0.15) is 47.5 Å². The van der Waals surface area contributed by atoms with Crippen molar-refractivity contribution in [2.75, 3.05) is 33.0 Å². The van der Waals surface area contributed by atoms with E-state index in [2.05, 4.69) is 54.7 Å². The Bertz CT molecular complexity index is 627. The molecule has 31 heavy (non-hydrogen) atoms. The van der Waals surface area contributed by atoms with Crippen molar-refractivity contribution in [2.45, 2.75) is 53.5 Å². The highest BCUT2D eigenvalue weighted by Crippen LogP contribution is 2.30. The van der Waals surface area contributed by atoms with E-state index >= 15 is 0 Å². The standard InChI is InChI=1S/C24H34N2O.2C2H6/c1-5-9-11-12-21(7-3)14-16-25-17-15-24-22(18-25)19-27-20-26(24)23(8-4)13-10-6-2;2*1-2/h5-13,22,24H,1-3,14-20H2,4H3;2*1-2H3/b11-9-,13-10-,21-12+,23-8+;;. The molecule has 0 spiro atoms. The first-order valence-electron chi connectivity index (χ1n) is 11.9. The van der Waals surface area contributed by atoms with Crippen molar-refractivity contribution in [3.8, 4) is 0 Å². The second-order valence-corrected chi connectivity index (χ2v) is 7.01. The third-order valence-electron chi connectivity index (χ3n) is 5.31. The molecule has 0 radical (unpaired) electrons. The number of hydrogen-bond acceptors (Lipinski definition) is 3. The Morgan fingerprint density at radius 3 is 2.35 bits per heavy atom. The second kappa shape index (κ2) is 18.7. The van der Waals surface area contributed by atoms with E-state index in [9.17, 15) is 0 Å². The van der Waals surface area contributed by atoms with Gasteiger partial charge in [-0.1, -0.05) is 96.0 Å². The molecule has 2 aliphatic heterocycles. The minimum atomic E-state index is 0.552. The molecule has 0 aliphatic carbocycles. The van der Waals surface area contributed by atoms with Gasteiger partial charge in [0.15, 0.2) is 0 Å². The van der Waals surface area contributed by atoms with Crippen LogP contribution in [0.2, 0.25) is 0 Å². The molecule has 0 aromatic rings. The number of likely N-dealkylation sites (tertiary alicyclic amines) is 1. The largest absolute Gasteiger partial charge is 0.361 e. The number of rotatable bonds is 9. The fraction of sp³-hybridized carbons (Fsp3) is 0.500. The summed E-state index contributed by atoms with van der Waals surface area (Å²) in [6.07, 6.45) is 20.2. The zero-order valence-electron chi connectivity index (χ0n) is 20.7. The highest BCUT2D eigenvalue weighted by molar-refractivity contribution is 5.24. The van der Waals surface area contributed by atoms with Gasteiger partial charge in [-0.15, -0.1) is 0 Å². The van der Waals surface area contributed by atoms with E-state index < -0.39 is 0 Å². The Balaban J connectivity index is 0.00000212. The summed E-state index contributed by atoms with van der Waals surface area (Å²) in [6, 6.07) is 0.556. The van der Waals surface area contributed by atoms with Crippen LogP contribution in [0.3, 0.4) is 0 Å². The summed E-state index contributed by atoms with van der Waals surface area (Å²) in [5.41, 5.74) is 2.49. The van der Waals surface area contributed by atoms with Crippen LogP contribution in [-0.2, 0) is 4.74 Å². The van der Waals surface area contributed by atoms with Gasteiger partial charge >= 0.3 is 0 Å². The second-order valence-electron chi connectivity index (χ2n) is 7.01. The Morgan fingerprint density at radius 1 is 1.03 bits per heavy atom. The maximum Gasteiger partial charge on any atom is 0.119 e. The van der Waals surface area contributed by atoms with Crippen LogP contribution < -0.4 is 0 Å². The third kappa shape index (κ3) is 10.2. The van der Waals surface area contributed by atoms with Crippen LogP contribution in [-0.4, -0.2) is 48.8 Å². The zero-order valence-corrected chi connectivity index (χ0v) is 20.7. The minimum Gasteiger partial charge on any atom is -0.361 e. The maximum atomic E-state index is 5.93. The number of allylic oxidation sites excluding steroid dienone is 9. The molecule has 2 fully saturated rings. The average Bonchev–Trinajstić information content (AvgIpc) is 2.84. The van der Waals surface area contributed by atoms with Crippen LogP contribution in [0, 0.1) is 5.92 Å². The van der Waals surface area contributed by atoms with Crippen LogP contribution >= 0.6 is 0 Å². The number of ether oxygens (including phenoxy) is 1. The molecule has 2 unspecified atom stereocenters. The molecular weight excluding hydrogens is 380 g/mol. The van der Waals surface area contributed by atoms with Gasteiger partial charge < -0.3 is 14.5 Å². The van der Waals surface area contributed by atoms with Crippen molar-refractivity contribution < 1.29 is 4.74 Å². The van der Waals surface area contributed by atoms with E-state index in [-0.39, 0.29) is 0 Å². The summed E-state index contributed by atoms with van der Waals surface area (Å²) in [5, 5.41) is 0. The van der Waals surface area contributed by atoms with Crippen molar-refractivity contribution in [2.24, 2.45) is 5.92 Å². The lowest BCUT2D eigenvalue weighted by molar-refractivity contribution is -0.0896. The molecule has 2 saturated heterocycles. The Hall–Kier alpha value is -2.10. The van der Waals surface area contributed by atoms with E-state index in [0.29, 0.717) is 18.7 Å². The summed E-state index contributed by atoms with van der Waals surface area (Å²) in [5.74, 6) is 0.552. The van der Waals surface area contributed by atoms with Crippen LogP contribution in [0.5, 0.6) is 0 Å². The SMILES string of the molecule is C=C/C=C\C=C(/C=C)CCN1CCC2C(COCN2C(/C=C\C=C)=C/C)C1.CC.CC. The molecule has 3 heteroatoms. The van der Waals surface area contributed by atoms with Gasteiger partial charge in [0.25, 0.3) is 0 Å². The molecule has 2 heterocycles. The van der Waals surface area contributed by atoms with Crippen molar-refractivity contribution in [3.63, 3.8) is 0 Å². The zero-order chi connectivity index (χ0) is 23.5. The summed E-state index contributed by atoms with van der Waals surface area (Å²) in [4.78, 5) is 4.98. The first kappa shape index (κ1) is 28.9. The quantitative estimate of drug-likeness (QED) is 0.373. The van der Waals surface area contributed by atoms with E-state index in [1.165, 1.54) is 17.7 Å². The number of piperidine rings is 1. The molecule has 0 saturated carbocycles. The normalized spacial score (nSPS) is 22.2. The van der Waals surface area contributed by atoms with Crippen LogP contribution in [0.4, 0.5) is 0 Å². The molecule has 2 rings (SSSR count). The van der Waals surface area contributed by atoms with Crippen LogP contribution in [0.15, 0.2) is 85.7 Å². The molecule has 0 aromatic carbocycles. The highest BCUT2D eigenvalue weighted by atomic mass is 16.5. The highest BCUT2D eigenvalue weighted by Gasteiger charge is 2.36. The van der Waals surface area contributed by atoms with Gasteiger partial charge in [0.05, 0.1) is 6.61 Å². The van der Waals surface area contributed by atoms with E-state index in [4.69, 9.17) is 4.74 Å². The van der Waals surface area contributed by atoms with Crippen molar-refractivity contribution in [1.29, 1.82) is 0 Å². The predicted molar refractivity (Wildman–Crippen MR) is 139 cm³/mol. The molecule has 2 atom stereocenters. The lowest BCUT2D eigenvalue weighted by Crippen LogP contribution is -2.55. The van der Waals surface area contributed by atoms with Gasteiger partial charge in [-0.2, -0.15) is 0 Å². The maximum absolute atomic E-state index is 5.93. The van der Waals surface area contributed by atoms with Crippen molar-refractivity contribution in [3.05, 3.63) is 85.7 Å². The fourth-order valence-corrected chi connectivity index (χ4v) is 3.86. The van der Waals surface area contributed by atoms with Crippen molar-refractivity contribution in [1.82, 2.24) is 9.80 Å². The van der Waals surface area contributed by atoms with Crippen LogP contribution in [0.25, 0.3) is 0 Å². The molecule has 3 nitrogen and oxygen atoms in total. The first-order valence-corrected chi connectivity index (χ1v) is 11.9. The Kier molecular flexibility index (Phi) is 17.4. The summed E-state index contributed by atoms with van der Waals surface area (Å²) in [6.45, 7) is 26.3. The molecule has 0 bridgehead atoms. The smallest absolute Gasteiger partial charge is 0.119 e.